The summed E-state index contributed by atoms with van der Waals surface area (Å²) in [5.41, 5.74) is 2.84. The molecular weight excluding hydrogens is 434 g/mol. The van der Waals surface area contributed by atoms with Crippen molar-refractivity contribution >= 4 is 29.4 Å². The lowest BCUT2D eigenvalue weighted by Gasteiger charge is -2.29. The number of anilines is 1. The molecule has 0 saturated heterocycles. The zero-order valence-electron chi connectivity index (χ0n) is 19.3. The predicted molar refractivity (Wildman–Crippen MR) is 126 cm³/mol. The van der Waals surface area contributed by atoms with E-state index in [2.05, 4.69) is 10.6 Å². The first kappa shape index (κ1) is 23.5. The largest absolute Gasteiger partial charge is 0.480 e. The van der Waals surface area contributed by atoms with Crippen molar-refractivity contribution in [3.8, 4) is 0 Å². The number of carboxylic acid groups (broad SMARTS) is 1. The van der Waals surface area contributed by atoms with Gasteiger partial charge in [-0.25, -0.2) is 4.79 Å². The Kier molecular flexibility index (Phi) is 6.68. The number of nitrogens with zero attached hydrogens (tertiary/aromatic N) is 1. The van der Waals surface area contributed by atoms with Gasteiger partial charge in [-0.05, 0) is 42.0 Å². The van der Waals surface area contributed by atoms with Gasteiger partial charge in [0.15, 0.2) is 0 Å². The molecule has 8 nitrogen and oxygen atoms in total. The highest BCUT2D eigenvalue weighted by atomic mass is 16.4. The second-order valence-corrected chi connectivity index (χ2v) is 8.99. The van der Waals surface area contributed by atoms with Crippen molar-refractivity contribution in [3.63, 3.8) is 0 Å². The van der Waals surface area contributed by atoms with Crippen LogP contribution >= 0.6 is 0 Å². The third-order valence-electron chi connectivity index (χ3n) is 6.83. The number of aliphatic carboxylic acids is 1. The van der Waals surface area contributed by atoms with Gasteiger partial charge in [-0.2, -0.15) is 0 Å². The van der Waals surface area contributed by atoms with Gasteiger partial charge in [0.2, 0.25) is 11.8 Å². The van der Waals surface area contributed by atoms with Crippen molar-refractivity contribution in [1.29, 1.82) is 0 Å². The van der Waals surface area contributed by atoms with Crippen LogP contribution in [0.4, 0.5) is 5.69 Å². The summed E-state index contributed by atoms with van der Waals surface area (Å²) in [5.74, 6) is -2.49. The monoisotopic (exact) mass is 463 g/mol. The lowest BCUT2D eigenvalue weighted by atomic mass is 9.96. The molecule has 0 bridgehead atoms. The molecule has 2 aliphatic rings. The van der Waals surface area contributed by atoms with Gasteiger partial charge in [0.05, 0.1) is 5.69 Å². The lowest BCUT2D eigenvalue weighted by Crippen LogP contribution is -2.57. The first-order chi connectivity index (χ1) is 16.3. The van der Waals surface area contributed by atoms with Gasteiger partial charge in [0, 0.05) is 12.0 Å². The molecule has 1 unspecified atom stereocenters. The van der Waals surface area contributed by atoms with Crippen LogP contribution in [0, 0.1) is 5.92 Å². The maximum absolute atomic E-state index is 13.5. The number of hydrogen-bond donors (Lipinski definition) is 3. The van der Waals surface area contributed by atoms with Gasteiger partial charge in [-0.15, -0.1) is 0 Å². The van der Waals surface area contributed by atoms with Crippen LogP contribution in [0.25, 0.3) is 0 Å². The standard InChI is InChI=1S/C26H29N3O5/c1-3-15(2)21(28-23(30)17-8-5-4-6-9-17)24(31)27-19-13-12-16-10-7-11-18-14-20(26(33)34)29(22(16)18)25(19)32/h4-11,15,19-21H,3,12-14H2,1-2H3,(H,27,31)(H,28,30)(H,33,34)/t15?,19-,20-,21-/m0/s1. The Balaban J connectivity index is 1.56. The van der Waals surface area contributed by atoms with E-state index in [0.717, 1.165) is 11.1 Å². The smallest absolute Gasteiger partial charge is 0.327 e. The van der Waals surface area contributed by atoms with Crippen molar-refractivity contribution in [3.05, 3.63) is 65.2 Å². The first-order valence-corrected chi connectivity index (χ1v) is 11.6. The Morgan fingerprint density at radius 1 is 1.09 bits per heavy atom. The fraction of sp³-hybridized carbons (Fsp3) is 0.385. The minimum absolute atomic E-state index is 0.170. The van der Waals surface area contributed by atoms with Crippen LogP contribution in [0.1, 0.15) is 48.2 Å². The molecule has 2 heterocycles. The number of rotatable bonds is 7. The molecule has 0 saturated carbocycles. The van der Waals surface area contributed by atoms with E-state index < -0.39 is 35.9 Å². The van der Waals surface area contributed by atoms with Gasteiger partial charge < -0.3 is 15.7 Å². The summed E-state index contributed by atoms with van der Waals surface area (Å²) in [6, 6.07) is 11.6. The summed E-state index contributed by atoms with van der Waals surface area (Å²) < 4.78 is 0. The molecule has 2 aromatic rings. The summed E-state index contributed by atoms with van der Waals surface area (Å²) in [6.07, 6.45) is 1.78. The number of para-hydroxylation sites is 1. The number of carboxylic acids is 1. The van der Waals surface area contributed by atoms with E-state index >= 15 is 0 Å². The van der Waals surface area contributed by atoms with Crippen molar-refractivity contribution < 1.29 is 24.3 Å². The Labute approximate surface area is 198 Å². The highest BCUT2D eigenvalue weighted by Crippen LogP contribution is 2.39. The number of aryl methyl sites for hydroxylation is 1. The van der Waals surface area contributed by atoms with Crippen LogP contribution < -0.4 is 15.5 Å². The molecule has 0 aliphatic carbocycles. The molecule has 2 aliphatic heterocycles. The first-order valence-electron chi connectivity index (χ1n) is 11.6. The minimum Gasteiger partial charge on any atom is -0.480 e. The van der Waals surface area contributed by atoms with E-state index in [0.29, 0.717) is 30.5 Å². The highest BCUT2D eigenvalue weighted by molar-refractivity contribution is 6.07. The normalized spacial score (nSPS) is 20.6. The summed E-state index contributed by atoms with van der Waals surface area (Å²) in [6.45, 7) is 3.80. The second-order valence-electron chi connectivity index (χ2n) is 8.99. The molecule has 3 amide bonds. The van der Waals surface area contributed by atoms with Crippen LogP contribution in [0.15, 0.2) is 48.5 Å². The fourth-order valence-electron chi connectivity index (χ4n) is 4.74. The molecule has 178 valence electrons. The minimum atomic E-state index is -1.07. The maximum atomic E-state index is 13.5. The molecule has 8 heteroatoms. The van der Waals surface area contributed by atoms with E-state index in [9.17, 15) is 24.3 Å². The molecule has 2 aromatic carbocycles. The molecule has 4 atom stereocenters. The van der Waals surface area contributed by atoms with E-state index in [1.807, 2.05) is 32.0 Å². The topological polar surface area (TPSA) is 116 Å². The number of carbonyl (C=O) groups is 4. The van der Waals surface area contributed by atoms with Crippen molar-refractivity contribution in [2.45, 2.75) is 57.7 Å². The van der Waals surface area contributed by atoms with Gasteiger partial charge in [-0.1, -0.05) is 56.7 Å². The van der Waals surface area contributed by atoms with Gasteiger partial charge in [0.1, 0.15) is 18.1 Å². The molecule has 0 spiro atoms. The van der Waals surface area contributed by atoms with E-state index in [4.69, 9.17) is 0 Å². The maximum Gasteiger partial charge on any atom is 0.327 e. The third-order valence-corrected chi connectivity index (χ3v) is 6.83. The van der Waals surface area contributed by atoms with E-state index in [-0.39, 0.29) is 18.2 Å². The van der Waals surface area contributed by atoms with Crippen molar-refractivity contribution in [2.24, 2.45) is 5.92 Å². The summed E-state index contributed by atoms with van der Waals surface area (Å²) in [5, 5.41) is 15.4. The zero-order chi connectivity index (χ0) is 24.4. The highest BCUT2D eigenvalue weighted by Gasteiger charge is 2.44. The predicted octanol–water partition coefficient (Wildman–Crippen LogP) is 2.30. The summed E-state index contributed by atoms with van der Waals surface area (Å²) in [7, 11) is 0. The molecule has 34 heavy (non-hydrogen) atoms. The number of carbonyl (C=O) groups excluding carboxylic acids is 3. The Morgan fingerprint density at radius 2 is 1.79 bits per heavy atom. The number of benzene rings is 2. The van der Waals surface area contributed by atoms with Crippen LogP contribution in [-0.2, 0) is 27.2 Å². The zero-order valence-corrected chi connectivity index (χ0v) is 19.3. The molecule has 0 aromatic heterocycles. The molecule has 0 fully saturated rings. The van der Waals surface area contributed by atoms with Crippen LogP contribution in [0.5, 0.6) is 0 Å². The van der Waals surface area contributed by atoms with Crippen LogP contribution in [0.2, 0.25) is 0 Å². The second kappa shape index (κ2) is 9.67. The number of hydrogen-bond acceptors (Lipinski definition) is 4. The summed E-state index contributed by atoms with van der Waals surface area (Å²) >= 11 is 0. The number of amides is 3. The van der Waals surface area contributed by atoms with Crippen LogP contribution in [-0.4, -0.2) is 46.9 Å². The van der Waals surface area contributed by atoms with E-state index in [1.54, 1.807) is 30.3 Å². The van der Waals surface area contributed by atoms with Gasteiger partial charge >= 0.3 is 5.97 Å². The SMILES string of the molecule is CCC(C)[C@H](NC(=O)c1ccccc1)C(=O)N[C@H]1CCc2cccc3c2N(C1=O)[C@H](C(=O)O)C3. The Morgan fingerprint density at radius 3 is 2.47 bits per heavy atom. The Hall–Kier alpha value is -3.68. The third kappa shape index (κ3) is 4.40. The quantitative estimate of drug-likeness (QED) is 0.583. The molecule has 4 rings (SSSR count). The van der Waals surface area contributed by atoms with Crippen molar-refractivity contribution in [1.82, 2.24) is 10.6 Å². The average Bonchev–Trinajstić information content (AvgIpc) is 3.19. The van der Waals surface area contributed by atoms with Crippen LogP contribution in [0.3, 0.4) is 0 Å². The molecule has 3 N–H and O–H groups in total. The van der Waals surface area contributed by atoms with E-state index in [1.165, 1.54) is 4.90 Å². The van der Waals surface area contributed by atoms with Gasteiger partial charge in [-0.3, -0.25) is 19.3 Å². The lowest BCUT2D eigenvalue weighted by molar-refractivity contribution is -0.140. The van der Waals surface area contributed by atoms with Crippen molar-refractivity contribution in [2.75, 3.05) is 4.90 Å². The molecular formula is C26H29N3O5. The Bertz CT molecular complexity index is 1120. The average molecular weight is 464 g/mol. The molecule has 0 radical (unpaired) electrons. The summed E-state index contributed by atoms with van der Waals surface area (Å²) in [4.78, 5) is 52.8. The fourth-order valence-corrected chi connectivity index (χ4v) is 4.74. The van der Waals surface area contributed by atoms with Gasteiger partial charge in [0.25, 0.3) is 5.91 Å². The number of nitrogens with one attached hydrogen (secondary N) is 2.